The van der Waals surface area contributed by atoms with Crippen LogP contribution < -0.4 is 5.32 Å². The van der Waals surface area contributed by atoms with E-state index in [2.05, 4.69) is 55.0 Å². The Morgan fingerprint density at radius 3 is 2.58 bits per heavy atom. The van der Waals surface area contributed by atoms with Gasteiger partial charge in [-0.05, 0) is 119 Å². The van der Waals surface area contributed by atoms with E-state index in [1.165, 1.54) is 0 Å². The monoisotopic (exact) mass is 657 g/mol. The van der Waals surface area contributed by atoms with Gasteiger partial charge in [0.05, 0.1) is 15.9 Å². The van der Waals surface area contributed by atoms with Gasteiger partial charge < -0.3 is 5.32 Å². The maximum atomic E-state index is 13.2. The van der Waals surface area contributed by atoms with Gasteiger partial charge in [0.25, 0.3) is 0 Å². The Balaban J connectivity index is 1.34. The number of rotatable bonds is 8. The van der Waals surface area contributed by atoms with Gasteiger partial charge in [-0.15, -0.1) is 11.3 Å². The third-order valence-corrected chi connectivity index (χ3v) is 13.9. The predicted molar refractivity (Wildman–Crippen MR) is 159 cm³/mol. The Morgan fingerprint density at radius 1 is 1.20 bits per heavy atom. The van der Waals surface area contributed by atoms with Gasteiger partial charge in [-0.25, -0.2) is 4.18 Å². The highest BCUT2D eigenvalue weighted by molar-refractivity contribution is 9.11. The second kappa shape index (κ2) is 11.4. The van der Waals surface area contributed by atoms with Gasteiger partial charge in [-0.1, -0.05) is 27.7 Å². The number of ketones is 1. The fraction of sp³-hybridized carbons (Fsp3) is 0.800. The van der Waals surface area contributed by atoms with Crippen molar-refractivity contribution in [2.24, 2.45) is 46.3 Å². The third kappa shape index (κ3) is 5.73. The first-order valence-electron chi connectivity index (χ1n) is 15.0. The molecule has 10 atom stereocenters. The number of nitrogens with one attached hydrogen (secondary N) is 1. The Morgan fingerprint density at radius 2 is 1.93 bits per heavy atom. The Hall–Kier alpha value is -0.810. The van der Waals surface area contributed by atoms with Crippen molar-refractivity contribution in [1.82, 2.24) is 5.32 Å². The summed E-state index contributed by atoms with van der Waals surface area (Å²) in [4.78, 5) is 26.8. The lowest BCUT2D eigenvalue weighted by Gasteiger charge is -2.62. The van der Waals surface area contributed by atoms with Gasteiger partial charge in [-0.2, -0.15) is 8.42 Å². The lowest BCUT2D eigenvalue weighted by Crippen LogP contribution is -2.59. The van der Waals surface area contributed by atoms with Crippen molar-refractivity contribution in [2.45, 2.75) is 104 Å². The first kappa shape index (κ1) is 30.6. The van der Waals surface area contributed by atoms with E-state index in [-0.39, 0.29) is 58.2 Å². The highest BCUT2D eigenvalue weighted by Crippen LogP contribution is 2.68. The van der Waals surface area contributed by atoms with Crippen LogP contribution in [0.3, 0.4) is 0 Å². The number of thiophene rings is 1. The molecule has 4 fully saturated rings. The van der Waals surface area contributed by atoms with Crippen LogP contribution in [0.1, 0.15) is 103 Å². The number of hydrogen-bond acceptors (Lipinski definition) is 6. The molecule has 4 aliphatic carbocycles. The second-order valence-electron chi connectivity index (χ2n) is 13.6. The maximum absolute atomic E-state index is 13.2. The van der Waals surface area contributed by atoms with E-state index in [4.69, 9.17) is 4.18 Å². The Labute approximate surface area is 251 Å². The molecule has 1 heterocycles. The Bertz CT molecular complexity index is 1230. The molecule has 1 aromatic rings. The van der Waals surface area contributed by atoms with Crippen LogP contribution in [0, 0.1) is 46.3 Å². The van der Waals surface area contributed by atoms with Crippen LogP contribution >= 0.6 is 27.3 Å². The van der Waals surface area contributed by atoms with E-state index < -0.39 is 16.5 Å². The molecule has 2 N–H and O–H groups in total. The van der Waals surface area contributed by atoms with Crippen LogP contribution in [-0.4, -0.2) is 30.8 Å². The normalized spacial score (nSPS) is 39.1. The molecule has 1 aromatic heterocycles. The van der Waals surface area contributed by atoms with Gasteiger partial charge in [-0.3, -0.25) is 14.1 Å². The molecule has 0 radical (unpaired) electrons. The molecule has 4 saturated carbocycles. The summed E-state index contributed by atoms with van der Waals surface area (Å²) in [6.45, 7) is 8.94. The zero-order valence-electron chi connectivity index (χ0n) is 24.0. The van der Waals surface area contributed by atoms with Crippen LogP contribution in [0.15, 0.2) is 15.9 Å². The molecule has 1 unspecified atom stereocenters. The molecule has 1 amide bonds. The van der Waals surface area contributed by atoms with E-state index in [0.29, 0.717) is 31.6 Å². The van der Waals surface area contributed by atoms with Crippen LogP contribution in [0.5, 0.6) is 0 Å². The third-order valence-electron chi connectivity index (χ3n) is 11.7. The van der Waals surface area contributed by atoms with Crippen LogP contribution in [0.2, 0.25) is 0 Å². The molecule has 0 saturated heterocycles. The highest BCUT2D eigenvalue weighted by Gasteiger charge is 2.64. The SMILES string of the molecule is CCC(NC(=O)C[C@@H](C)[C@H]1CC[C@H]2[C@@H]3[C@H](OS(=O)(=O)O)C[C@@H]4CC(=O)CC[C@]4(C)[C@H]3CC[C@]12C)c1ccc(Br)s1. The summed E-state index contributed by atoms with van der Waals surface area (Å²) in [6.07, 6.45) is 7.08. The smallest absolute Gasteiger partial charge is 0.348 e. The quantitative estimate of drug-likeness (QED) is 0.288. The molecule has 0 spiro atoms. The van der Waals surface area contributed by atoms with Crippen LogP contribution in [0.25, 0.3) is 0 Å². The summed E-state index contributed by atoms with van der Waals surface area (Å²) in [6, 6.07) is 4.09. The molecular weight excluding hydrogens is 614 g/mol. The number of halogens is 1. The lowest BCUT2D eigenvalue weighted by atomic mass is 9.44. The number of carbonyl (C=O) groups is 2. The molecular formula is C30H44BrNO6S2. The zero-order chi connectivity index (χ0) is 29.0. The second-order valence-corrected chi connectivity index (χ2v) is 17.2. The van der Waals surface area contributed by atoms with Gasteiger partial charge in [0.2, 0.25) is 5.91 Å². The molecule has 0 aromatic carbocycles. The van der Waals surface area contributed by atoms with Crippen LogP contribution in [0.4, 0.5) is 0 Å². The molecule has 0 aliphatic heterocycles. The summed E-state index contributed by atoms with van der Waals surface area (Å²) >= 11 is 5.18. The van der Waals surface area contributed by atoms with E-state index in [9.17, 15) is 22.6 Å². The fourth-order valence-electron chi connectivity index (χ4n) is 9.80. The van der Waals surface area contributed by atoms with E-state index in [1.807, 2.05) is 6.07 Å². The molecule has 0 bridgehead atoms. The van der Waals surface area contributed by atoms with Crippen molar-refractivity contribution >= 4 is 49.4 Å². The van der Waals surface area contributed by atoms with Gasteiger partial charge in [0, 0.05) is 24.1 Å². The van der Waals surface area contributed by atoms with Crippen molar-refractivity contribution in [3.63, 3.8) is 0 Å². The highest BCUT2D eigenvalue weighted by atomic mass is 79.9. The van der Waals surface area contributed by atoms with E-state index in [1.54, 1.807) is 11.3 Å². The number of carbonyl (C=O) groups excluding carboxylic acids is 2. The summed E-state index contributed by atoms with van der Waals surface area (Å²) in [7, 11) is -4.62. The van der Waals surface area contributed by atoms with Gasteiger partial charge in [0.15, 0.2) is 0 Å². The molecule has 224 valence electrons. The number of fused-ring (bicyclic) bond motifs is 5. The fourth-order valence-corrected chi connectivity index (χ4v) is 11.9. The first-order valence-corrected chi connectivity index (χ1v) is 17.9. The topological polar surface area (TPSA) is 110 Å². The summed E-state index contributed by atoms with van der Waals surface area (Å²) < 4.78 is 40.2. The maximum Gasteiger partial charge on any atom is 0.397 e. The van der Waals surface area contributed by atoms with Crippen molar-refractivity contribution < 1.29 is 26.7 Å². The molecule has 10 heteroatoms. The average Bonchev–Trinajstić information content (AvgIpc) is 3.45. The summed E-state index contributed by atoms with van der Waals surface area (Å²) in [5.74, 6) is 1.50. The van der Waals surface area contributed by atoms with Gasteiger partial charge >= 0.3 is 10.4 Å². The van der Waals surface area contributed by atoms with E-state index >= 15 is 0 Å². The van der Waals surface area contributed by atoms with Crippen molar-refractivity contribution in [3.05, 3.63) is 20.8 Å². The van der Waals surface area contributed by atoms with Crippen molar-refractivity contribution in [2.75, 3.05) is 0 Å². The molecule has 4 aliphatic rings. The minimum absolute atomic E-state index is 0.00925. The Kier molecular flexibility index (Phi) is 8.70. The summed E-state index contributed by atoms with van der Waals surface area (Å²) in [5.41, 5.74) is -0.0489. The first-order chi connectivity index (χ1) is 18.7. The number of Topliss-reactive ketones (excluding diaryl/α,β-unsaturated/α-hetero) is 1. The van der Waals surface area contributed by atoms with Gasteiger partial charge in [0.1, 0.15) is 5.78 Å². The number of hydrogen-bond donors (Lipinski definition) is 2. The minimum atomic E-state index is -4.62. The van der Waals surface area contributed by atoms with Crippen molar-refractivity contribution in [3.8, 4) is 0 Å². The standard InChI is InChI=1S/C30H44BrNO6S2/c1-5-23(25-8-9-26(31)39-25)32-27(34)14-17(2)20-6-7-21-28-22(11-13-30(20,21)4)29(3)12-10-19(33)15-18(29)16-24(28)38-40(35,36)37/h8-9,17-18,20-24,28H,5-7,10-16H2,1-4H3,(H,32,34)(H,35,36,37)/t17-,18+,20-,21+,22+,23?,24-,28+,29+,30-/m1/s1. The zero-order valence-corrected chi connectivity index (χ0v) is 27.2. The molecule has 5 rings (SSSR count). The van der Waals surface area contributed by atoms with Crippen LogP contribution in [-0.2, 0) is 24.2 Å². The number of amides is 1. The average molecular weight is 659 g/mol. The largest absolute Gasteiger partial charge is 0.397 e. The summed E-state index contributed by atoms with van der Waals surface area (Å²) in [5, 5.41) is 3.26. The minimum Gasteiger partial charge on any atom is -0.348 e. The van der Waals surface area contributed by atoms with E-state index in [0.717, 1.165) is 47.2 Å². The van der Waals surface area contributed by atoms with Crippen molar-refractivity contribution in [1.29, 1.82) is 0 Å². The molecule has 7 nitrogen and oxygen atoms in total. The predicted octanol–water partition coefficient (Wildman–Crippen LogP) is 7.13. The molecule has 40 heavy (non-hydrogen) atoms. The lowest BCUT2D eigenvalue weighted by molar-refractivity contribution is -0.164.